The van der Waals surface area contributed by atoms with Gasteiger partial charge in [-0.3, -0.25) is 0 Å². The zero-order valence-electron chi connectivity index (χ0n) is 18.4. The van der Waals surface area contributed by atoms with Gasteiger partial charge in [0.2, 0.25) is 0 Å². The fourth-order valence-corrected chi connectivity index (χ4v) is 5.64. The van der Waals surface area contributed by atoms with E-state index >= 15 is 0 Å². The minimum atomic E-state index is -0.434. The Morgan fingerprint density at radius 3 is 2.65 bits per heavy atom. The molecule has 175 valence electrons. The number of aliphatic hydroxyl groups is 1. The monoisotopic (exact) mass is 584 g/mol. The van der Waals surface area contributed by atoms with Crippen LogP contribution in [-0.2, 0) is 6.54 Å². The number of pyridine rings is 1. The van der Waals surface area contributed by atoms with Gasteiger partial charge < -0.3 is 0 Å². The summed E-state index contributed by atoms with van der Waals surface area (Å²) in [6, 6.07) is 13.9. The summed E-state index contributed by atoms with van der Waals surface area (Å²) in [5, 5.41) is 21.1. The quantitative estimate of drug-likeness (QED) is 0.367. The van der Waals surface area contributed by atoms with Crippen LogP contribution in [0.4, 0.5) is 17.2 Å². The average molecular weight is 585 g/mol. The van der Waals surface area contributed by atoms with E-state index in [1.165, 1.54) is 14.6 Å². The predicted molar refractivity (Wildman–Crippen MR) is 137 cm³/mol. The van der Waals surface area contributed by atoms with E-state index in [-0.39, 0.29) is 18.7 Å². The van der Waals surface area contributed by atoms with Crippen molar-refractivity contribution in [3.8, 4) is 6.07 Å². The molecular formula is C23H24AsBrN7O2. The zero-order chi connectivity index (χ0) is 23.9. The number of hydrogen-bond acceptors (Lipinski definition) is 8. The van der Waals surface area contributed by atoms with Gasteiger partial charge in [-0.1, -0.05) is 0 Å². The van der Waals surface area contributed by atoms with E-state index in [0.29, 0.717) is 16.0 Å². The molecule has 0 unspecified atom stereocenters. The van der Waals surface area contributed by atoms with Gasteiger partial charge in [0.25, 0.3) is 0 Å². The van der Waals surface area contributed by atoms with Gasteiger partial charge in [0.05, 0.1) is 0 Å². The molecule has 0 atom stereocenters. The molecule has 1 saturated heterocycles. The number of rotatable bonds is 8. The molecule has 4 rings (SSSR count). The van der Waals surface area contributed by atoms with Crippen molar-refractivity contribution < 1.29 is 5.11 Å². The zero-order valence-corrected chi connectivity index (χ0v) is 21.9. The van der Waals surface area contributed by atoms with Crippen LogP contribution in [0.5, 0.6) is 0 Å². The molecule has 1 radical (unpaired) electrons. The second kappa shape index (κ2) is 11.6. The summed E-state index contributed by atoms with van der Waals surface area (Å²) >= 11 is 3.02. The third kappa shape index (κ3) is 6.05. The Kier molecular flexibility index (Phi) is 8.35. The van der Waals surface area contributed by atoms with Crippen LogP contribution in [0.2, 0.25) is 0 Å². The van der Waals surface area contributed by atoms with E-state index in [9.17, 15) is 4.79 Å². The first kappa shape index (κ1) is 24.4. The van der Waals surface area contributed by atoms with Crippen LogP contribution in [0.15, 0.2) is 58.1 Å². The summed E-state index contributed by atoms with van der Waals surface area (Å²) < 4.78 is 3.91. The number of nitriles is 1. The molecule has 9 nitrogen and oxygen atoms in total. The predicted octanol–water partition coefficient (Wildman–Crippen LogP) is 0.437. The molecule has 34 heavy (non-hydrogen) atoms. The number of nitrogens with one attached hydrogen (secondary N) is 1. The van der Waals surface area contributed by atoms with Crippen molar-refractivity contribution in [3.63, 3.8) is 0 Å². The number of β-amino-alcohol motifs (C(OH)–C–C–N with tert-alkyl or cyclic N) is 1. The third-order valence-electron chi connectivity index (χ3n) is 5.48. The van der Waals surface area contributed by atoms with Crippen molar-refractivity contribution in [2.45, 2.75) is 6.54 Å². The summed E-state index contributed by atoms with van der Waals surface area (Å²) in [6.45, 7) is 4.75. The molecule has 2 aromatic heterocycles. The molecular weight excluding hydrogens is 561 g/mol. The molecule has 1 aromatic carbocycles. The van der Waals surface area contributed by atoms with E-state index in [2.05, 4.69) is 65.3 Å². The molecule has 3 aromatic rings. The van der Waals surface area contributed by atoms with Gasteiger partial charge in [0, 0.05) is 0 Å². The van der Waals surface area contributed by atoms with Crippen molar-refractivity contribution in [2.75, 3.05) is 49.5 Å². The van der Waals surface area contributed by atoms with E-state index in [1.54, 1.807) is 24.5 Å². The Morgan fingerprint density at radius 2 is 1.94 bits per heavy atom. The Balaban J connectivity index is 1.43. The van der Waals surface area contributed by atoms with Crippen molar-refractivity contribution in [1.82, 2.24) is 19.4 Å². The summed E-state index contributed by atoms with van der Waals surface area (Å²) in [5.41, 5.74) is 1.27. The van der Waals surface area contributed by atoms with Gasteiger partial charge >= 0.3 is 213 Å². The van der Waals surface area contributed by atoms with Gasteiger partial charge in [0.1, 0.15) is 0 Å². The molecule has 3 heterocycles. The Labute approximate surface area is 212 Å². The van der Waals surface area contributed by atoms with Crippen LogP contribution in [0.3, 0.4) is 0 Å². The Morgan fingerprint density at radius 1 is 1.18 bits per heavy atom. The molecule has 0 spiro atoms. The molecule has 1 fully saturated rings. The maximum absolute atomic E-state index is 12.5. The number of piperazine rings is 1. The first-order valence-electron chi connectivity index (χ1n) is 10.8. The average Bonchev–Trinajstić information content (AvgIpc) is 2.85. The second-order valence-electron chi connectivity index (χ2n) is 7.69. The fourth-order valence-electron chi connectivity index (χ4n) is 3.68. The van der Waals surface area contributed by atoms with Crippen LogP contribution in [0.25, 0.3) is 0 Å². The van der Waals surface area contributed by atoms with Crippen molar-refractivity contribution in [2.24, 2.45) is 0 Å². The first-order chi connectivity index (χ1) is 16.6. The second-order valence-corrected chi connectivity index (χ2v) is 10.9. The van der Waals surface area contributed by atoms with Crippen molar-refractivity contribution >= 4 is 57.8 Å². The van der Waals surface area contributed by atoms with Crippen molar-refractivity contribution in [3.05, 3.63) is 63.6 Å². The summed E-state index contributed by atoms with van der Waals surface area (Å²) in [7, 11) is 0. The Hall–Kier alpha value is -2.70. The molecule has 0 bridgehead atoms. The Bertz CT molecular complexity index is 1220. The SMILES string of the molecule is N#CCn1cccc(Nc2nc([As]c3ccc(N4CCN(CCO)CC4)cc3)ncc2Br)c1=O. The van der Waals surface area contributed by atoms with E-state index < -0.39 is 15.8 Å². The van der Waals surface area contributed by atoms with E-state index in [1.807, 2.05) is 6.07 Å². The van der Waals surface area contributed by atoms with Crippen LogP contribution in [-0.4, -0.2) is 79.6 Å². The van der Waals surface area contributed by atoms with Gasteiger partial charge in [-0.2, -0.15) is 0 Å². The molecule has 2 N–H and O–H groups in total. The molecule has 0 amide bonds. The summed E-state index contributed by atoms with van der Waals surface area (Å²) in [5.74, 6) is 0.518. The fraction of sp³-hybridized carbons (Fsp3) is 0.304. The minimum absolute atomic E-state index is 0.0104. The number of benzene rings is 1. The topological polar surface area (TPSA) is 110 Å². The normalized spacial score (nSPS) is 14.4. The third-order valence-corrected chi connectivity index (χ3v) is 8.10. The molecule has 1 aliphatic rings. The summed E-state index contributed by atoms with van der Waals surface area (Å²) in [6.07, 6.45) is 3.28. The maximum atomic E-state index is 12.5. The van der Waals surface area contributed by atoms with Crippen LogP contribution >= 0.6 is 15.9 Å². The van der Waals surface area contributed by atoms with E-state index in [4.69, 9.17) is 10.4 Å². The molecule has 0 saturated carbocycles. The van der Waals surface area contributed by atoms with Crippen molar-refractivity contribution in [1.29, 1.82) is 5.26 Å². The molecule has 0 aliphatic carbocycles. The number of hydrogen-bond donors (Lipinski definition) is 2. The number of halogens is 1. The van der Waals surface area contributed by atoms with Crippen LogP contribution in [0, 0.1) is 11.3 Å². The molecule has 1 aliphatic heterocycles. The van der Waals surface area contributed by atoms with Gasteiger partial charge in [-0.15, -0.1) is 0 Å². The van der Waals surface area contributed by atoms with E-state index in [0.717, 1.165) is 37.3 Å². The number of aromatic nitrogens is 3. The molecule has 11 heteroatoms. The first-order valence-corrected chi connectivity index (χ1v) is 13.5. The standard InChI is InChI=1S/C23H24AsBrN7O2/c25-19-16-27-23(29-21(19)28-20-2-1-8-32(9-7-26)22(20)34)24-17-3-5-18(6-4-17)31-12-10-30(11-13-31)14-15-33/h1-6,8,16,33H,9-15H2,(H,27,28,29). The van der Waals surface area contributed by atoms with Crippen LogP contribution < -0.4 is 24.7 Å². The number of aliphatic hydroxyl groups excluding tert-OH is 1. The number of anilines is 3. The van der Waals surface area contributed by atoms with Gasteiger partial charge in [-0.05, 0) is 0 Å². The van der Waals surface area contributed by atoms with Gasteiger partial charge in [-0.25, -0.2) is 0 Å². The summed E-state index contributed by atoms with van der Waals surface area (Å²) in [4.78, 5) is 26.3. The number of nitrogens with zero attached hydrogens (tertiary/aromatic N) is 6. The van der Waals surface area contributed by atoms with Gasteiger partial charge in [0.15, 0.2) is 0 Å². The van der Waals surface area contributed by atoms with Crippen LogP contribution in [0.1, 0.15) is 0 Å².